The third-order valence-electron chi connectivity index (χ3n) is 20.4. The lowest BCUT2D eigenvalue weighted by Crippen LogP contribution is -2.82. The summed E-state index contributed by atoms with van der Waals surface area (Å²) in [6.45, 7) is 6.40. The number of methoxy groups -OCH3 is 2. The number of aliphatic carboxylic acids is 3. The molecular formula is C64H89N13O18S2. The van der Waals surface area contributed by atoms with Crippen molar-refractivity contribution in [1.29, 1.82) is 0 Å². The van der Waals surface area contributed by atoms with Crippen LogP contribution in [0.25, 0.3) is 10.9 Å². The van der Waals surface area contributed by atoms with Crippen molar-refractivity contribution in [1.82, 2.24) is 46.9 Å². The number of piperidine rings is 1. The number of hydrazine groups is 1. The summed E-state index contributed by atoms with van der Waals surface area (Å²) in [6.07, 6.45) is 1.61. The summed E-state index contributed by atoms with van der Waals surface area (Å²) in [6, 6.07) is 3.62. The molecule has 33 heteroatoms. The van der Waals surface area contributed by atoms with E-state index in [1.807, 2.05) is 62.4 Å². The summed E-state index contributed by atoms with van der Waals surface area (Å²) in [7, 11) is 7.96. The van der Waals surface area contributed by atoms with Crippen LogP contribution < -0.4 is 53.2 Å². The number of ether oxygens (including phenoxy) is 3. The molecule has 31 nitrogen and oxygen atoms in total. The molecule has 97 heavy (non-hydrogen) atoms. The quantitative estimate of drug-likeness (QED) is 0.00830. The van der Waals surface area contributed by atoms with Crippen molar-refractivity contribution >= 4 is 97.7 Å². The number of hydrogen-bond acceptors (Lipinski definition) is 22. The lowest BCUT2D eigenvalue weighted by Gasteiger charge is -2.63. The van der Waals surface area contributed by atoms with Gasteiger partial charge in [0.05, 0.1) is 44.7 Å². The van der Waals surface area contributed by atoms with Crippen LogP contribution in [0.3, 0.4) is 0 Å². The Labute approximate surface area is 567 Å². The summed E-state index contributed by atoms with van der Waals surface area (Å²) in [5, 5.41) is 78.2. The van der Waals surface area contributed by atoms with E-state index in [1.54, 1.807) is 11.9 Å². The fourth-order valence-corrected chi connectivity index (χ4v) is 18.3. The number of anilines is 1. The predicted molar refractivity (Wildman–Crippen MR) is 357 cm³/mol. The van der Waals surface area contributed by atoms with E-state index >= 15 is 9.59 Å². The van der Waals surface area contributed by atoms with E-state index < -0.39 is 136 Å². The van der Waals surface area contributed by atoms with E-state index in [9.17, 15) is 64.2 Å². The highest BCUT2D eigenvalue weighted by molar-refractivity contribution is 8.76. The minimum Gasteiger partial charge on any atom is -0.496 e. The van der Waals surface area contributed by atoms with Crippen LogP contribution in [-0.2, 0) is 65.1 Å². The van der Waals surface area contributed by atoms with E-state index in [4.69, 9.17) is 25.7 Å². The number of para-hydroxylation sites is 1. The first-order chi connectivity index (χ1) is 46.1. The van der Waals surface area contributed by atoms with Gasteiger partial charge < -0.3 is 87.5 Å². The fraction of sp³-hybridized carbons (Fsp3) is 0.594. The number of aliphatic imine (C=N–C) groups is 1. The number of benzene rings is 2. The molecule has 2 bridgehead atoms. The van der Waals surface area contributed by atoms with Gasteiger partial charge in [-0.1, -0.05) is 65.8 Å². The number of guanidine groups is 1. The molecule has 17 N–H and O–H groups in total. The zero-order chi connectivity index (χ0) is 70.5. The second-order valence-corrected chi connectivity index (χ2v) is 28.6. The third-order valence-corrected chi connectivity index (χ3v) is 22.8. The van der Waals surface area contributed by atoms with Crippen LogP contribution in [0.1, 0.15) is 94.0 Å². The monoisotopic (exact) mass is 1390 g/mol. The number of aliphatic hydroxyl groups excluding tert-OH is 1. The number of carboxylic acid groups (broad SMARTS) is 3. The molecule has 1 aromatic heterocycles. The zero-order valence-electron chi connectivity index (χ0n) is 55.0. The molecule has 1 unspecified atom stereocenters. The number of aromatic amines is 1. The number of carbonyl (C=O) groups excluding carboxylic acids is 6. The summed E-state index contributed by atoms with van der Waals surface area (Å²) in [5.74, 6) is -10.1. The minimum atomic E-state index is -2.69. The molecule has 14 atom stereocenters. The molecule has 6 aliphatic rings. The Morgan fingerprint density at radius 3 is 2.15 bits per heavy atom. The number of nitrogens with zero attached hydrogens (tertiary/aromatic N) is 4. The summed E-state index contributed by atoms with van der Waals surface area (Å²) >= 11 is 0. The second-order valence-electron chi connectivity index (χ2n) is 26.0. The number of nitrogens with two attached hydrogens (primary N) is 2. The number of amides is 5. The number of carboxylic acids is 3. The number of fused-ring (bicyclic) bond motifs is 6. The molecule has 3 fully saturated rings. The second kappa shape index (κ2) is 30.1. The van der Waals surface area contributed by atoms with E-state index in [2.05, 4.69) is 51.9 Å². The highest BCUT2D eigenvalue weighted by Crippen LogP contribution is 2.68. The van der Waals surface area contributed by atoms with Gasteiger partial charge in [-0.25, -0.2) is 15.0 Å². The van der Waals surface area contributed by atoms with Gasteiger partial charge in [-0.2, -0.15) is 0 Å². The lowest BCUT2D eigenvalue weighted by molar-refractivity contribution is -0.204. The number of likely N-dealkylation sites (N-methyl/N-ethyl adjacent to an activating group) is 2. The van der Waals surface area contributed by atoms with Gasteiger partial charge >= 0.3 is 30.0 Å². The Balaban J connectivity index is 0.900. The Hall–Kier alpha value is -7.92. The molecule has 2 aromatic carbocycles. The Morgan fingerprint density at radius 2 is 1.53 bits per heavy atom. The molecule has 5 amide bonds. The summed E-state index contributed by atoms with van der Waals surface area (Å²) in [5.41, 5.74) is 11.7. The predicted octanol–water partition coefficient (Wildman–Crippen LogP) is -0.484. The summed E-state index contributed by atoms with van der Waals surface area (Å²) < 4.78 is 17.7. The SMILES string of the molecule is CC[C@]1(O)C[C@H]2CN(CCc3c([nH]c4ccccc34)[C@@](C(=O)OC)(c3cc4c(cc3OC)N(C)[C@H]3[C@@](O)(C(=O)NNC(=O)OCCSSC[C@@H](NC(=O)[C@H](CC(=O)O)NC(=O)[C@H](CC(=O)O)NC(=O)[C@H](CCCN=C(N)N)NC)C(=O)O)[C@H](O)[C@]5(CC)C=CCN6CC[C@]43[C@@H]65)C2)C1. The number of rotatable bonds is 28. The molecule has 1 aliphatic carbocycles. The van der Waals surface area contributed by atoms with Gasteiger partial charge in [0, 0.05) is 102 Å². The largest absolute Gasteiger partial charge is 0.496 e. The number of hydrogen-bond donors (Lipinski definition) is 15. The fourth-order valence-electron chi connectivity index (χ4n) is 16.3. The Bertz CT molecular complexity index is 3580. The maximum atomic E-state index is 15.6. The minimum absolute atomic E-state index is 0.00921. The maximum Gasteiger partial charge on any atom is 0.426 e. The molecular weight excluding hydrogens is 1300 g/mol. The van der Waals surface area contributed by atoms with Gasteiger partial charge in [-0.05, 0) is 94.1 Å². The van der Waals surface area contributed by atoms with Crippen molar-refractivity contribution in [3.05, 3.63) is 70.9 Å². The van der Waals surface area contributed by atoms with E-state index in [-0.39, 0.29) is 55.8 Å². The maximum absolute atomic E-state index is 15.6. The smallest absolute Gasteiger partial charge is 0.426 e. The van der Waals surface area contributed by atoms with Crippen molar-refractivity contribution in [3.8, 4) is 5.75 Å². The van der Waals surface area contributed by atoms with Crippen LogP contribution in [0.2, 0.25) is 0 Å². The van der Waals surface area contributed by atoms with Crippen LogP contribution in [0.15, 0.2) is 53.5 Å². The molecule has 9 rings (SSSR count). The van der Waals surface area contributed by atoms with Crippen LogP contribution in [0.5, 0.6) is 5.75 Å². The van der Waals surface area contributed by atoms with Gasteiger partial charge in [0.2, 0.25) is 17.7 Å². The van der Waals surface area contributed by atoms with Crippen LogP contribution in [-0.4, -0.2) is 244 Å². The van der Waals surface area contributed by atoms with Crippen LogP contribution in [0, 0.1) is 11.3 Å². The lowest BCUT2D eigenvalue weighted by atomic mass is 9.47. The van der Waals surface area contributed by atoms with Crippen molar-refractivity contribution in [2.75, 3.05) is 90.6 Å². The standard InChI is InChI=1S/C64H89N13O18S2/c1-7-60(91)29-34-30-63(57(89)94-6,48-36(16-21-76(31-34)33-60)35-13-9-10-14-39(35)69-48)38-25-37-44(28-45(38)93-5)75(4)54-62(37)18-22-77-20-12-17-61(8-2,53(62)77)55(87)64(54,92)56(88)73-74-59(90)95-23-24-96-97-32-43(52(85)86)72-51(84)42(27-47(80)81)71-50(83)41(26-46(78)79)70-49(82)40(67-3)15-11-19-68-58(65)66/h9-10,12-14,17,25,28,34,40-43,53-55,67,69,87,91-92H,7-8,11,15-16,18-24,26-27,29-33H2,1-6H3,(H,70,82)(H,71,83)(H,72,84)(H,73,88)(H,74,90)(H,78,79)(H,80,81)(H,85,86)(H4,65,66,68)/t34-,40+,41+,42+,43-,53+,54-,55-,60+,61-,62-,63+,64+/m1/s1. The van der Waals surface area contributed by atoms with Gasteiger partial charge in [-0.3, -0.25) is 53.8 Å². The number of carbonyl (C=O) groups is 9. The summed E-state index contributed by atoms with van der Waals surface area (Å²) in [4.78, 5) is 134. The van der Waals surface area contributed by atoms with Crippen molar-refractivity contribution in [2.45, 2.75) is 142 Å². The molecule has 1 spiro atoms. The van der Waals surface area contributed by atoms with Crippen molar-refractivity contribution in [3.63, 3.8) is 0 Å². The first-order valence-electron chi connectivity index (χ1n) is 32.3. The first kappa shape index (κ1) is 73.3. The molecule has 3 aromatic rings. The normalized spacial score (nSPS) is 28.0. The molecule has 530 valence electrons. The van der Waals surface area contributed by atoms with Gasteiger partial charge in [-0.15, -0.1) is 0 Å². The number of aromatic nitrogens is 1. The van der Waals surface area contributed by atoms with E-state index in [0.717, 1.165) is 38.1 Å². The molecule has 1 saturated carbocycles. The Kier molecular flexibility index (Phi) is 22.7. The third kappa shape index (κ3) is 14.1. The molecule has 6 heterocycles. The van der Waals surface area contributed by atoms with Gasteiger partial charge in [0.1, 0.15) is 42.0 Å². The molecule has 0 radical (unpaired) electrons. The highest BCUT2D eigenvalue weighted by Gasteiger charge is 2.79. The number of esters is 1. The van der Waals surface area contributed by atoms with Crippen LogP contribution in [0.4, 0.5) is 10.5 Å². The van der Waals surface area contributed by atoms with Gasteiger partial charge in [0.15, 0.2) is 11.6 Å². The number of H-pyrrole nitrogens is 1. The molecule has 5 aliphatic heterocycles. The zero-order valence-corrected chi connectivity index (χ0v) is 56.6. The number of nitrogens with one attached hydrogen (secondary N) is 7. The van der Waals surface area contributed by atoms with Crippen LogP contribution >= 0.6 is 21.6 Å². The van der Waals surface area contributed by atoms with E-state index in [1.165, 1.54) is 21.3 Å². The van der Waals surface area contributed by atoms with Crippen molar-refractivity contribution in [2.24, 2.45) is 27.8 Å². The average Bonchev–Trinajstić information content (AvgIpc) is 1.50. The Morgan fingerprint density at radius 1 is 0.845 bits per heavy atom. The topological polar surface area (TPSA) is 465 Å². The van der Waals surface area contributed by atoms with Gasteiger partial charge in [0.25, 0.3) is 5.91 Å². The average molecular weight is 1390 g/mol. The highest BCUT2D eigenvalue weighted by atomic mass is 33.1. The van der Waals surface area contributed by atoms with Crippen molar-refractivity contribution < 1.29 is 88.0 Å². The molecule has 2 saturated heterocycles. The van der Waals surface area contributed by atoms with E-state index in [0.29, 0.717) is 93.1 Å². The number of aliphatic hydroxyl groups is 3. The first-order valence-corrected chi connectivity index (χ1v) is 34.8.